The maximum atomic E-state index is 14.6. The van der Waals surface area contributed by atoms with Gasteiger partial charge in [0.25, 0.3) is 5.56 Å². The number of carbonyl (C=O) groups is 1. The summed E-state index contributed by atoms with van der Waals surface area (Å²) in [5.41, 5.74) is -5.24. The Bertz CT molecular complexity index is 1300. The molecule has 0 unspecified atom stereocenters. The van der Waals surface area contributed by atoms with Crippen LogP contribution in [0.2, 0.25) is 5.02 Å². The van der Waals surface area contributed by atoms with Crippen molar-refractivity contribution in [1.82, 2.24) is 9.55 Å². The molecule has 2 aromatic carbocycles. The third kappa shape index (κ3) is 5.57. The Morgan fingerprint density at radius 1 is 1.09 bits per heavy atom. The number of aromatic amines is 1. The molecule has 0 amide bonds. The van der Waals surface area contributed by atoms with Crippen molar-refractivity contribution < 1.29 is 36.6 Å². The molecular formula is C21H15ClF4N2O6. The Morgan fingerprint density at radius 2 is 1.76 bits per heavy atom. The zero-order chi connectivity index (χ0) is 25.0. The maximum Gasteiger partial charge on any atom is 0.431 e. The van der Waals surface area contributed by atoms with Gasteiger partial charge < -0.3 is 19.2 Å². The number of ether oxygens (including phenoxy) is 3. The molecule has 3 rings (SSSR count). The van der Waals surface area contributed by atoms with Gasteiger partial charge in [-0.2, -0.15) is 13.2 Å². The molecule has 1 heterocycles. The molecule has 0 saturated heterocycles. The first-order valence-corrected chi connectivity index (χ1v) is 9.87. The number of H-pyrrole nitrogens is 1. The number of rotatable bonds is 7. The van der Waals surface area contributed by atoms with Crippen LogP contribution in [-0.2, 0) is 15.7 Å². The number of benzene rings is 2. The number of aromatic nitrogens is 2. The largest absolute Gasteiger partial charge is 0.478 e. The SMILES string of the molecule is CCOC(=O)COc1ccccc1Oc1cc(-n2c(=O)cc(C(F)(F)F)[nH]c2=O)c(F)cc1Cl. The van der Waals surface area contributed by atoms with Gasteiger partial charge in [0.15, 0.2) is 18.1 Å². The van der Waals surface area contributed by atoms with Crippen molar-refractivity contribution in [1.29, 1.82) is 0 Å². The zero-order valence-corrected chi connectivity index (χ0v) is 18.0. The molecule has 13 heteroatoms. The first-order valence-electron chi connectivity index (χ1n) is 9.49. The van der Waals surface area contributed by atoms with Gasteiger partial charge in [0.2, 0.25) is 0 Å². The molecule has 0 aliphatic heterocycles. The molecule has 0 bridgehead atoms. The third-order valence-corrected chi connectivity index (χ3v) is 4.50. The summed E-state index contributed by atoms with van der Waals surface area (Å²) in [7, 11) is 0. The minimum atomic E-state index is -4.99. The van der Waals surface area contributed by atoms with Crippen LogP contribution in [0.1, 0.15) is 12.6 Å². The smallest absolute Gasteiger partial charge is 0.431 e. The van der Waals surface area contributed by atoms with Gasteiger partial charge in [-0.3, -0.25) is 4.79 Å². The summed E-state index contributed by atoms with van der Waals surface area (Å²) in [6, 6.07) is 7.72. The van der Waals surface area contributed by atoms with E-state index in [4.69, 9.17) is 25.8 Å². The minimum absolute atomic E-state index is 0.0277. The summed E-state index contributed by atoms with van der Waals surface area (Å²) in [5, 5.41) is -0.280. The highest BCUT2D eigenvalue weighted by atomic mass is 35.5. The van der Waals surface area contributed by atoms with Crippen LogP contribution in [0.4, 0.5) is 17.6 Å². The Balaban J connectivity index is 2.00. The van der Waals surface area contributed by atoms with Crippen LogP contribution >= 0.6 is 11.6 Å². The van der Waals surface area contributed by atoms with Gasteiger partial charge in [-0.05, 0) is 25.1 Å². The van der Waals surface area contributed by atoms with Crippen molar-refractivity contribution in [3.8, 4) is 22.9 Å². The lowest BCUT2D eigenvalue weighted by Gasteiger charge is -2.15. The summed E-state index contributed by atoms with van der Waals surface area (Å²) in [6.07, 6.45) is -4.99. The van der Waals surface area contributed by atoms with E-state index < -0.39 is 47.2 Å². The fraction of sp³-hybridized carbons (Fsp3) is 0.190. The van der Waals surface area contributed by atoms with E-state index in [1.807, 2.05) is 0 Å². The molecule has 3 aromatic rings. The molecule has 0 aliphatic rings. The van der Waals surface area contributed by atoms with Crippen LogP contribution in [0, 0.1) is 5.82 Å². The second-order valence-corrected chi connectivity index (χ2v) is 6.94. The Morgan fingerprint density at radius 3 is 2.38 bits per heavy atom. The van der Waals surface area contributed by atoms with Crippen molar-refractivity contribution >= 4 is 17.6 Å². The summed E-state index contributed by atoms with van der Waals surface area (Å²) < 4.78 is 69.0. The normalized spacial score (nSPS) is 11.2. The number of esters is 1. The Kier molecular flexibility index (Phi) is 7.30. The standard InChI is InChI=1S/C21H15ClF4N2O6/c1-2-32-19(30)10-33-14-5-3-4-6-15(14)34-16-8-13(12(23)7-11(16)22)28-18(29)9-17(21(24,25)26)27-20(28)31/h3-9H,2,10H2,1H3,(H,27,31). The third-order valence-electron chi connectivity index (χ3n) is 4.20. The summed E-state index contributed by atoms with van der Waals surface area (Å²) >= 11 is 6.02. The van der Waals surface area contributed by atoms with Gasteiger partial charge in [-0.25, -0.2) is 18.5 Å². The lowest BCUT2D eigenvalue weighted by molar-refractivity contribution is -0.145. The number of nitrogens with zero attached hydrogens (tertiary/aromatic N) is 1. The van der Waals surface area contributed by atoms with Crippen molar-refractivity contribution in [2.45, 2.75) is 13.1 Å². The molecule has 1 N–H and O–H groups in total. The molecule has 0 fully saturated rings. The number of nitrogens with one attached hydrogen (secondary N) is 1. The lowest BCUT2D eigenvalue weighted by Crippen LogP contribution is -2.36. The number of carbonyl (C=O) groups excluding carboxylic acids is 1. The summed E-state index contributed by atoms with van der Waals surface area (Å²) in [6.45, 7) is 1.33. The van der Waals surface area contributed by atoms with E-state index in [1.54, 1.807) is 19.1 Å². The second-order valence-electron chi connectivity index (χ2n) is 6.54. The van der Waals surface area contributed by atoms with E-state index in [0.717, 1.165) is 12.1 Å². The van der Waals surface area contributed by atoms with Crippen molar-refractivity contribution in [3.63, 3.8) is 0 Å². The Hall–Kier alpha value is -3.80. The van der Waals surface area contributed by atoms with Gasteiger partial charge in [0.1, 0.15) is 17.3 Å². The summed E-state index contributed by atoms with van der Waals surface area (Å²) in [5.74, 6) is -1.95. The van der Waals surface area contributed by atoms with E-state index in [9.17, 15) is 31.9 Å². The molecule has 34 heavy (non-hydrogen) atoms. The first kappa shape index (κ1) is 24.8. The molecule has 0 radical (unpaired) electrons. The number of alkyl halides is 3. The average molecular weight is 503 g/mol. The fourth-order valence-electron chi connectivity index (χ4n) is 2.76. The van der Waals surface area contributed by atoms with Crippen LogP contribution < -0.4 is 20.7 Å². The van der Waals surface area contributed by atoms with Gasteiger partial charge in [0.05, 0.1) is 17.3 Å². The molecule has 8 nitrogen and oxygen atoms in total. The van der Waals surface area contributed by atoms with Crippen LogP contribution in [0.5, 0.6) is 17.2 Å². The monoisotopic (exact) mass is 502 g/mol. The molecular weight excluding hydrogens is 488 g/mol. The highest BCUT2D eigenvalue weighted by molar-refractivity contribution is 6.32. The highest BCUT2D eigenvalue weighted by Gasteiger charge is 2.33. The number of hydrogen-bond donors (Lipinski definition) is 1. The topological polar surface area (TPSA) is 99.6 Å². The molecule has 1 aromatic heterocycles. The molecule has 0 saturated carbocycles. The molecule has 180 valence electrons. The van der Waals surface area contributed by atoms with Gasteiger partial charge in [-0.15, -0.1) is 0 Å². The van der Waals surface area contributed by atoms with Crippen LogP contribution in [0.25, 0.3) is 5.69 Å². The lowest BCUT2D eigenvalue weighted by atomic mass is 10.2. The van der Waals surface area contributed by atoms with E-state index in [1.165, 1.54) is 17.1 Å². The summed E-state index contributed by atoms with van der Waals surface area (Å²) in [4.78, 5) is 37.4. The van der Waals surface area contributed by atoms with Crippen LogP contribution in [0.3, 0.4) is 0 Å². The second kappa shape index (κ2) is 10.00. The molecule has 0 aliphatic carbocycles. The van der Waals surface area contributed by atoms with Gasteiger partial charge in [-0.1, -0.05) is 23.7 Å². The quantitative estimate of drug-likeness (QED) is 0.386. The van der Waals surface area contributed by atoms with E-state index >= 15 is 0 Å². The van der Waals surface area contributed by atoms with Gasteiger partial charge >= 0.3 is 17.8 Å². The van der Waals surface area contributed by atoms with Gasteiger partial charge in [0, 0.05) is 12.1 Å². The highest BCUT2D eigenvalue weighted by Crippen LogP contribution is 2.37. The number of para-hydroxylation sites is 2. The zero-order valence-electron chi connectivity index (χ0n) is 17.2. The predicted octanol–water partition coefficient (Wildman–Crippen LogP) is 4.07. The van der Waals surface area contributed by atoms with E-state index in [-0.39, 0.29) is 39.5 Å². The van der Waals surface area contributed by atoms with E-state index in [2.05, 4.69) is 0 Å². The predicted molar refractivity (Wildman–Crippen MR) is 111 cm³/mol. The maximum absolute atomic E-state index is 14.6. The molecule has 0 atom stereocenters. The van der Waals surface area contributed by atoms with Crippen LogP contribution in [-0.4, -0.2) is 28.7 Å². The van der Waals surface area contributed by atoms with Crippen molar-refractivity contribution in [2.24, 2.45) is 0 Å². The Labute approximate surface area is 193 Å². The first-order chi connectivity index (χ1) is 16.0. The molecule has 0 spiro atoms. The van der Waals surface area contributed by atoms with E-state index in [0.29, 0.717) is 0 Å². The van der Waals surface area contributed by atoms with Crippen molar-refractivity contribution in [3.05, 3.63) is 79.8 Å². The fourth-order valence-corrected chi connectivity index (χ4v) is 2.94. The van der Waals surface area contributed by atoms with Crippen molar-refractivity contribution in [2.75, 3.05) is 13.2 Å². The number of halogens is 5. The minimum Gasteiger partial charge on any atom is -0.478 e. The van der Waals surface area contributed by atoms with Crippen LogP contribution in [0.15, 0.2) is 52.1 Å². The number of hydrogen-bond acceptors (Lipinski definition) is 6. The average Bonchev–Trinajstić information content (AvgIpc) is 2.75.